The van der Waals surface area contributed by atoms with Crippen LogP contribution < -0.4 is 4.74 Å². The summed E-state index contributed by atoms with van der Waals surface area (Å²) in [6.45, 7) is 2.45. The fourth-order valence-electron chi connectivity index (χ4n) is 1.99. The fraction of sp³-hybridized carbons (Fsp3) is 0.267. The van der Waals surface area contributed by atoms with E-state index in [0.29, 0.717) is 17.4 Å². The highest BCUT2D eigenvalue weighted by Gasteiger charge is 2.19. The molecular formula is C15H14Cl2N2O4S. The Bertz CT molecular complexity index is 751. The van der Waals surface area contributed by atoms with Crippen molar-refractivity contribution in [1.82, 2.24) is 4.90 Å². The fourth-order valence-corrected chi connectivity index (χ4v) is 3.26. The van der Waals surface area contributed by atoms with Gasteiger partial charge in [0.1, 0.15) is 0 Å². The summed E-state index contributed by atoms with van der Waals surface area (Å²) in [5, 5.41) is 11.2. The van der Waals surface area contributed by atoms with Gasteiger partial charge in [-0.1, -0.05) is 23.2 Å². The van der Waals surface area contributed by atoms with Crippen LogP contribution in [0.3, 0.4) is 0 Å². The summed E-state index contributed by atoms with van der Waals surface area (Å²) in [4.78, 5) is 25.2. The molecule has 1 amide bonds. The molecule has 1 heterocycles. The van der Waals surface area contributed by atoms with Gasteiger partial charge in [0, 0.05) is 22.5 Å². The molecule has 0 bridgehead atoms. The van der Waals surface area contributed by atoms with Crippen LogP contribution >= 0.6 is 34.5 Å². The molecule has 1 aromatic heterocycles. The van der Waals surface area contributed by atoms with Crippen molar-refractivity contribution in [3.8, 4) is 5.75 Å². The average Bonchev–Trinajstić information content (AvgIpc) is 2.96. The maximum atomic E-state index is 12.3. The van der Waals surface area contributed by atoms with Gasteiger partial charge >= 0.3 is 5.69 Å². The second kappa shape index (κ2) is 8.32. The first-order valence-corrected chi connectivity index (χ1v) is 8.56. The lowest BCUT2D eigenvalue weighted by Gasteiger charge is -2.20. The summed E-state index contributed by atoms with van der Waals surface area (Å²) in [7, 11) is 0. The zero-order valence-corrected chi connectivity index (χ0v) is 15.0. The summed E-state index contributed by atoms with van der Waals surface area (Å²) >= 11 is 13.0. The summed E-state index contributed by atoms with van der Waals surface area (Å²) in [6.07, 6.45) is 0. The van der Waals surface area contributed by atoms with Gasteiger partial charge in [-0.2, -0.15) is 0 Å². The van der Waals surface area contributed by atoms with Crippen LogP contribution in [-0.2, 0) is 11.3 Å². The van der Waals surface area contributed by atoms with Crippen LogP contribution in [0.15, 0.2) is 30.3 Å². The van der Waals surface area contributed by atoms with Gasteiger partial charge in [-0.05, 0) is 31.2 Å². The molecule has 0 saturated heterocycles. The molecule has 0 fully saturated rings. The molecule has 0 aliphatic rings. The number of likely N-dealkylation sites (N-methyl/N-ethyl adjacent to an activating group) is 1. The third-order valence-electron chi connectivity index (χ3n) is 3.18. The number of amides is 1. The number of benzene rings is 1. The van der Waals surface area contributed by atoms with Crippen LogP contribution in [0.2, 0.25) is 9.36 Å². The molecule has 0 spiro atoms. The molecular weight excluding hydrogens is 375 g/mol. The predicted octanol–water partition coefficient (Wildman–Crippen LogP) is 4.39. The van der Waals surface area contributed by atoms with Gasteiger partial charge in [0.05, 0.1) is 15.8 Å². The molecule has 1 aromatic carbocycles. The van der Waals surface area contributed by atoms with E-state index in [0.717, 1.165) is 4.88 Å². The van der Waals surface area contributed by atoms with E-state index in [1.54, 1.807) is 11.0 Å². The summed E-state index contributed by atoms with van der Waals surface area (Å²) in [6, 6.07) is 7.66. The Kier molecular flexibility index (Phi) is 6.42. The lowest BCUT2D eigenvalue weighted by atomic mass is 10.3. The number of nitro benzene ring substituents is 1. The van der Waals surface area contributed by atoms with Crippen LogP contribution in [0.4, 0.5) is 5.69 Å². The molecule has 0 radical (unpaired) electrons. The molecule has 6 nitrogen and oxygen atoms in total. The first-order chi connectivity index (χ1) is 11.4. The number of hydrogen-bond donors (Lipinski definition) is 0. The van der Waals surface area contributed by atoms with Gasteiger partial charge in [0.2, 0.25) is 0 Å². The van der Waals surface area contributed by atoms with Crippen LogP contribution in [0.1, 0.15) is 11.8 Å². The normalized spacial score (nSPS) is 10.5. The zero-order chi connectivity index (χ0) is 17.7. The van der Waals surface area contributed by atoms with Crippen molar-refractivity contribution in [2.45, 2.75) is 13.5 Å². The van der Waals surface area contributed by atoms with Gasteiger partial charge in [0.15, 0.2) is 12.4 Å². The summed E-state index contributed by atoms with van der Waals surface area (Å²) in [5.74, 6) is -0.265. The van der Waals surface area contributed by atoms with Crippen molar-refractivity contribution in [3.05, 3.63) is 54.7 Å². The standard InChI is InChI=1S/C15H14Cl2N2O4S/c1-2-18(8-11-4-6-14(17)24-11)15(20)9-23-13-5-3-10(16)7-12(13)19(21)22/h3-7H,2,8-9H2,1H3. The molecule has 128 valence electrons. The summed E-state index contributed by atoms with van der Waals surface area (Å²) < 4.78 is 5.98. The van der Waals surface area contributed by atoms with Crippen molar-refractivity contribution in [2.75, 3.05) is 13.2 Å². The minimum absolute atomic E-state index is 0.00738. The number of carbonyl (C=O) groups is 1. The van der Waals surface area contributed by atoms with E-state index in [2.05, 4.69) is 0 Å². The largest absolute Gasteiger partial charge is 0.477 e. The molecule has 24 heavy (non-hydrogen) atoms. The quantitative estimate of drug-likeness (QED) is 0.520. The molecule has 2 aromatic rings. The van der Waals surface area contributed by atoms with E-state index >= 15 is 0 Å². The second-order valence-electron chi connectivity index (χ2n) is 4.77. The van der Waals surface area contributed by atoms with Gasteiger partial charge in [0.25, 0.3) is 5.91 Å². The Labute approximate surface area is 152 Å². The lowest BCUT2D eigenvalue weighted by molar-refractivity contribution is -0.385. The third-order valence-corrected chi connectivity index (χ3v) is 4.63. The van der Waals surface area contributed by atoms with E-state index in [4.69, 9.17) is 27.9 Å². The van der Waals surface area contributed by atoms with Crippen LogP contribution in [0.5, 0.6) is 5.75 Å². The van der Waals surface area contributed by atoms with Gasteiger partial charge < -0.3 is 9.64 Å². The number of ether oxygens (including phenoxy) is 1. The first-order valence-electron chi connectivity index (χ1n) is 6.99. The maximum Gasteiger partial charge on any atom is 0.312 e. The number of hydrogen-bond acceptors (Lipinski definition) is 5. The van der Waals surface area contributed by atoms with Crippen LogP contribution in [0, 0.1) is 10.1 Å². The third kappa shape index (κ3) is 4.83. The minimum atomic E-state index is -0.600. The number of nitro groups is 1. The molecule has 2 rings (SSSR count). The first kappa shape index (κ1) is 18.5. The van der Waals surface area contributed by atoms with Crippen molar-refractivity contribution in [1.29, 1.82) is 0 Å². The van der Waals surface area contributed by atoms with Crippen LogP contribution in [0.25, 0.3) is 0 Å². The smallest absolute Gasteiger partial charge is 0.312 e. The van der Waals surface area contributed by atoms with Crippen molar-refractivity contribution < 1.29 is 14.5 Å². The van der Waals surface area contributed by atoms with Crippen molar-refractivity contribution in [2.24, 2.45) is 0 Å². The minimum Gasteiger partial charge on any atom is -0.477 e. The molecule has 0 atom stereocenters. The summed E-state index contributed by atoms with van der Waals surface area (Å²) in [5.41, 5.74) is -0.275. The SMILES string of the molecule is CCN(Cc1ccc(Cl)s1)C(=O)COc1ccc(Cl)cc1[N+](=O)[O-]. The number of halogens is 2. The number of thiophene rings is 1. The second-order valence-corrected chi connectivity index (χ2v) is 7.01. The Hall–Kier alpha value is -1.83. The number of rotatable bonds is 7. The van der Waals surface area contributed by atoms with E-state index in [9.17, 15) is 14.9 Å². The van der Waals surface area contributed by atoms with E-state index < -0.39 is 4.92 Å². The highest BCUT2D eigenvalue weighted by atomic mass is 35.5. The van der Waals surface area contributed by atoms with Gasteiger partial charge in [-0.15, -0.1) is 11.3 Å². The Morgan fingerprint density at radius 1 is 1.33 bits per heavy atom. The molecule has 0 aliphatic heterocycles. The highest BCUT2D eigenvalue weighted by Crippen LogP contribution is 2.30. The van der Waals surface area contributed by atoms with Crippen molar-refractivity contribution in [3.63, 3.8) is 0 Å². The van der Waals surface area contributed by atoms with E-state index in [1.165, 1.54) is 29.5 Å². The Balaban J connectivity index is 2.02. The number of carbonyl (C=O) groups excluding carboxylic acids is 1. The molecule has 0 N–H and O–H groups in total. The maximum absolute atomic E-state index is 12.3. The highest BCUT2D eigenvalue weighted by molar-refractivity contribution is 7.16. The van der Waals surface area contributed by atoms with Gasteiger partial charge in [-0.25, -0.2) is 0 Å². The topological polar surface area (TPSA) is 72.7 Å². The molecule has 0 aliphatic carbocycles. The number of nitrogens with zero attached hydrogens (tertiary/aromatic N) is 2. The van der Waals surface area contributed by atoms with Crippen molar-refractivity contribution >= 4 is 46.1 Å². The predicted molar refractivity (Wildman–Crippen MR) is 94.0 cm³/mol. The Morgan fingerprint density at radius 3 is 2.67 bits per heavy atom. The van der Waals surface area contributed by atoms with E-state index in [1.807, 2.05) is 13.0 Å². The Morgan fingerprint density at radius 2 is 2.08 bits per heavy atom. The van der Waals surface area contributed by atoms with Crippen LogP contribution in [-0.4, -0.2) is 28.9 Å². The van der Waals surface area contributed by atoms with E-state index in [-0.39, 0.29) is 29.0 Å². The zero-order valence-electron chi connectivity index (χ0n) is 12.7. The van der Waals surface area contributed by atoms with Gasteiger partial charge in [-0.3, -0.25) is 14.9 Å². The lowest BCUT2D eigenvalue weighted by Crippen LogP contribution is -2.34. The monoisotopic (exact) mass is 388 g/mol. The molecule has 0 unspecified atom stereocenters. The molecule has 0 saturated carbocycles. The average molecular weight is 389 g/mol. The molecule has 9 heteroatoms.